The van der Waals surface area contributed by atoms with Crippen molar-refractivity contribution < 1.29 is 29.4 Å². The summed E-state index contributed by atoms with van der Waals surface area (Å²) in [6.45, 7) is 4.60. The molecule has 0 saturated carbocycles. The minimum Gasteiger partial charge on any atom is -0.478 e. The van der Waals surface area contributed by atoms with E-state index in [1.165, 1.54) is 13.0 Å². The third kappa shape index (κ3) is 2.52. The van der Waals surface area contributed by atoms with E-state index in [2.05, 4.69) is 10.5 Å². The molecule has 0 radical (unpaired) electrons. The zero-order chi connectivity index (χ0) is 15.1. The van der Waals surface area contributed by atoms with E-state index >= 15 is 0 Å². The van der Waals surface area contributed by atoms with Gasteiger partial charge in [-0.05, 0) is 19.9 Å². The van der Waals surface area contributed by atoms with Gasteiger partial charge in [0, 0.05) is 6.92 Å². The van der Waals surface area contributed by atoms with E-state index in [0.29, 0.717) is 0 Å². The molecule has 0 aromatic heterocycles. The number of fused-ring (bicyclic) bond motifs is 1. The fraction of sp³-hybridized carbons (Fsp3) is 0.583. The standard InChI is InChI=1S/C12H16N2O6/c1-5(15)13-8-7(14-18)4-6(11(16)17)9-10(8)20-12(2,3)19-9/h4,8-10,18H,1-3H3,(H,13,15)(H,16,17)/b14-7+/t8-,9-,10+/m1/s1. The molecule has 1 heterocycles. The zero-order valence-electron chi connectivity index (χ0n) is 11.3. The normalized spacial score (nSPS) is 33.5. The lowest BCUT2D eigenvalue weighted by Gasteiger charge is -2.30. The lowest BCUT2D eigenvalue weighted by atomic mass is 9.88. The average molecular weight is 284 g/mol. The Bertz CT molecular complexity index is 510. The number of amides is 1. The van der Waals surface area contributed by atoms with Crippen molar-refractivity contribution in [2.75, 3.05) is 0 Å². The summed E-state index contributed by atoms with van der Waals surface area (Å²) in [7, 11) is 0. The molecule has 8 nitrogen and oxygen atoms in total. The van der Waals surface area contributed by atoms with Gasteiger partial charge in [-0.2, -0.15) is 0 Å². The molecular weight excluding hydrogens is 268 g/mol. The van der Waals surface area contributed by atoms with Gasteiger partial charge in [0.25, 0.3) is 0 Å². The lowest BCUT2D eigenvalue weighted by molar-refractivity contribution is -0.147. The molecule has 1 fully saturated rings. The van der Waals surface area contributed by atoms with Gasteiger partial charge in [0.1, 0.15) is 24.0 Å². The number of carboxylic acid groups (broad SMARTS) is 1. The van der Waals surface area contributed by atoms with Gasteiger partial charge < -0.3 is 25.1 Å². The summed E-state index contributed by atoms with van der Waals surface area (Å²) in [5.41, 5.74) is -0.0601. The fourth-order valence-corrected chi connectivity index (χ4v) is 2.42. The highest BCUT2D eigenvalue weighted by molar-refractivity contribution is 6.08. The Hall–Kier alpha value is -1.93. The maximum Gasteiger partial charge on any atom is 0.334 e. The van der Waals surface area contributed by atoms with Crippen molar-refractivity contribution in [1.82, 2.24) is 5.32 Å². The zero-order valence-corrected chi connectivity index (χ0v) is 11.3. The van der Waals surface area contributed by atoms with Gasteiger partial charge in [0.2, 0.25) is 5.91 Å². The number of nitrogens with zero attached hydrogens (tertiary/aromatic N) is 1. The van der Waals surface area contributed by atoms with Crippen LogP contribution in [0.25, 0.3) is 0 Å². The van der Waals surface area contributed by atoms with Crippen molar-refractivity contribution in [1.29, 1.82) is 0 Å². The van der Waals surface area contributed by atoms with Crippen LogP contribution in [0, 0.1) is 0 Å². The van der Waals surface area contributed by atoms with Gasteiger partial charge in [0.05, 0.1) is 5.57 Å². The maximum atomic E-state index is 11.3. The third-order valence-corrected chi connectivity index (χ3v) is 3.11. The molecule has 0 bridgehead atoms. The van der Waals surface area contributed by atoms with Crippen molar-refractivity contribution in [2.24, 2.45) is 5.16 Å². The Balaban J connectivity index is 2.45. The number of hydrogen-bond acceptors (Lipinski definition) is 6. The predicted molar refractivity (Wildman–Crippen MR) is 66.4 cm³/mol. The summed E-state index contributed by atoms with van der Waals surface area (Å²) in [6, 6.07) is -0.771. The summed E-state index contributed by atoms with van der Waals surface area (Å²) in [5, 5.41) is 23.9. The van der Waals surface area contributed by atoms with E-state index in [1.54, 1.807) is 13.8 Å². The summed E-state index contributed by atoms with van der Waals surface area (Å²) < 4.78 is 11.2. The SMILES string of the molecule is CC(=O)N[C@@H]1/C(=N/O)C=C(C(=O)O)[C@H]2OC(C)(C)O[C@H]21. The Morgan fingerprint density at radius 3 is 2.55 bits per heavy atom. The first-order valence-corrected chi connectivity index (χ1v) is 6.05. The molecule has 1 saturated heterocycles. The van der Waals surface area contributed by atoms with Crippen molar-refractivity contribution in [2.45, 2.75) is 44.8 Å². The Kier molecular flexibility index (Phi) is 3.53. The first-order valence-electron chi connectivity index (χ1n) is 6.05. The van der Waals surface area contributed by atoms with Gasteiger partial charge in [-0.25, -0.2) is 4.79 Å². The van der Waals surface area contributed by atoms with Crippen LogP contribution in [0.4, 0.5) is 0 Å². The molecule has 0 aromatic carbocycles. The maximum absolute atomic E-state index is 11.3. The smallest absolute Gasteiger partial charge is 0.334 e. The number of rotatable bonds is 2. The second-order valence-electron chi connectivity index (χ2n) is 5.13. The van der Waals surface area contributed by atoms with Crippen molar-refractivity contribution in [3.63, 3.8) is 0 Å². The Morgan fingerprint density at radius 2 is 2.05 bits per heavy atom. The summed E-state index contributed by atoms with van der Waals surface area (Å²) >= 11 is 0. The molecule has 1 aliphatic carbocycles. The van der Waals surface area contributed by atoms with E-state index < -0.39 is 30.0 Å². The highest BCUT2D eigenvalue weighted by Crippen LogP contribution is 2.36. The summed E-state index contributed by atoms with van der Waals surface area (Å²) in [5.74, 6) is -2.54. The molecule has 0 unspecified atom stereocenters. The highest BCUT2D eigenvalue weighted by Gasteiger charge is 2.52. The van der Waals surface area contributed by atoms with Crippen LogP contribution in [0.5, 0.6) is 0 Å². The van der Waals surface area contributed by atoms with E-state index in [1.807, 2.05) is 0 Å². The molecule has 20 heavy (non-hydrogen) atoms. The van der Waals surface area contributed by atoms with Crippen molar-refractivity contribution >= 4 is 17.6 Å². The van der Waals surface area contributed by atoms with Crippen LogP contribution in [0.15, 0.2) is 16.8 Å². The monoisotopic (exact) mass is 284 g/mol. The number of aliphatic carboxylic acids is 1. The number of ether oxygens (including phenoxy) is 2. The predicted octanol–water partition coefficient (Wildman–Crippen LogP) is -0.134. The van der Waals surface area contributed by atoms with E-state index in [-0.39, 0.29) is 17.2 Å². The molecule has 0 aromatic rings. The summed E-state index contributed by atoms with van der Waals surface area (Å²) in [6.07, 6.45) is -0.421. The van der Waals surface area contributed by atoms with Crippen LogP contribution in [0.1, 0.15) is 20.8 Å². The second-order valence-corrected chi connectivity index (χ2v) is 5.13. The molecule has 3 N–H and O–H groups in total. The summed E-state index contributed by atoms with van der Waals surface area (Å²) in [4.78, 5) is 22.5. The molecule has 1 amide bonds. The quantitative estimate of drug-likeness (QED) is 0.480. The first kappa shape index (κ1) is 14.5. The van der Waals surface area contributed by atoms with Crippen molar-refractivity contribution in [3.8, 4) is 0 Å². The molecule has 0 spiro atoms. The van der Waals surface area contributed by atoms with Gasteiger partial charge in [0.15, 0.2) is 5.79 Å². The van der Waals surface area contributed by atoms with Gasteiger partial charge in [-0.3, -0.25) is 4.79 Å². The number of oxime groups is 1. The fourth-order valence-electron chi connectivity index (χ4n) is 2.42. The number of carbonyl (C=O) groups is 2. The van der Waals surface area contributed by atoms with Crippen LogP contribution in [-0.4, -0.2) is 51.9 Å². The molecule has 2 aliphatic rings. The van der Waals surface area contributed by atoms with Crippen LogP contribution in [0.2, 0.25) is 0 Å². The molecular formula is C12H16N2O6. The molecule has 1 aliphatic heterocycles. The highest BCUT2D eigenvalue weighted by atomic mass is 16.8. The van der Waals surface area contributed by atoms with Crippen molar-refractivity contribution in [3.05, 3.63) is 11.6 Å². The number of carbonyl (C=O) groups excluding carboxylic acids is 1. The first-order chi connectivity index (χ1) is 9.25. The van der Waals surface area contributed by atoms with E-state index in [9.17, 15) is 14.7 Å². The van der Waals surface area contributed by atoms with Gasteiger partial charge in [-0.1, -0.05) is 5.16 Å². The number of hydrogen-bond donors (Lipinski definition) is 3. The van der Waals surface area contributed by atoms with Gasteiger partial charge in [-0.15, -0.1) is 0 Å². The minimum absolute atomic E-state index is 0.0140. The molecule has 110 valence electrons. The van der Waals surface area contributed by atoms with Crippen LogP contribution >= 0.6 is 0 Å². The van der Waals surface area contributed by atoms with Crippen LogP contribution in [-0.2, 0) is 19.1 Å². The van der Waals surface area contributed by atoms with E-state index in [4.69, 9.17) is 14.7 Å². The second kappa shape index (κ2) is 4.88. The minimum atomic E-state index is -1.19. The topological polar surface area (TPSA) is 117 Å². The van der Waals surface area contributed by atoms with Crippen LogP contribution in [0.3, 0.4) is 0 Å². The van der Waals surface area contributed by atoms with E-state index in [0.717, 1.165) is 0 Å². The average Bonchev–Trinajstić information content (AvgIpc) is 2.63. The number of nitrogens with one attached hydrogen (secondary N) is 1. The van der Waals surface area contributed by atoms with Crippen LogP contribution < -0.4 is 5.32 Å². The number of carboxylic acids is 1. The van der Waals surface area contributed by atoms with Gasteiger partial charge >= 0.3 is 5.97 Å². The lowest BCUT2D eigenvalue weighted by Crippen LogP contribution is -2.55. The molecule has 8 heteroatoms. The molecule has 2 rings (SSSR count). The largest absolute Gasteiger partial charge is 0.478 e. The molecule has 3 atom stereocenters. The third-order valence-electron chi connectivity index (χ3n) is 3.11. The Labute approximate surface area is 115 Å². The Morgan fingerprint density at radius 1 is 1.40 bits per heavy atom.